The normalized spacial score (nSPS) is 11.2. The first-order chi connectivity index (χ1) is 8.46. The fourth-order valence-electron chi connectivity index (χ4n) is 1.79. The lowest BCUT2D eigenvalue weighted by atomic mass is 10.0. The molecule has 0 aliphatic carbocycles. The predicted molar refractivity (Wildman–Crippen MR) is 73.9 cm³/mol. The summed E-state index contributed by atoms with van der Waals surface area (Å²) in [6.07, 6.45) is 1.13. The monoisotopic (exact) mass is 260 g/mol. The molecule has 93 valence electrons. The molecule has 1 N–H and O–H groups in total. The number of aryl methyl sites for hydroxylation is 1. The number of nitrogens with one attached hydrogen (secondary N) is 1. The molecule has 0 fully saturated rings. The smallest absolute Gasteiger partial charge is 0.229 e. The number of hydrogen-bond donors (Lipinski definition) is 1. The summed E-state index contributed by atoms with van der Waals surface area (Å²) in [7, 11) is -3.25. The van der Waals surface area contributed by atoms with Crippen LogP contribution in [-0.4, -0.2) is 14.7 Å². The van der Waals surface area contributed by atoms with Crippen molar-refractivity contribution in [3.63, 3.8) is 0 Å². The minimum absolute atomic E-state index is 0.467. The van der Waals surface area contributed by atoms with Crippen molar-refractivity contribution < 1.29 is 8.42 Å². The molecule has 0 saturated carbocycles. The fourth-order valence-corrected chi connectivity index (χ4v) is 2.31. The van der Waals surface area contributed by atoms with E-state index in [0.717, 1.165) is 22.9 Å². The zero-order valence-corrected chi connectivity index (χ0v) is 11.1. The highest BCUT2D eigenvalue weighted by molar-refractivity contribution is 7.92. The van der Waals surface area contributed by atoms with Crippen molar-refractivity contribution in [1.82, 2.24) is 0 Å². The minimum Gasteiger partial charge on any atom is -0.283 e. The zero-order chi connectivity index (χ0) is 13.2. The maximum Gasteiger partial charge on any atom is 0.229 e. The Kier molecular flexibility index (Phi) is 3.39. The molecule has 0 aliphatic heterocycles. The van der Waals surface area contributed by atoms with E-state index in [1.807, 2.05) is 43.3 Å². The second-order valence-corrected chi connectivity index (χ2v) is 5.90. The average molecular weight is 260 g/mol. The van der Waals surface area contributed by atoms with E-state index in [1.165, 1.54) is 0 Å². The average Bonchev–Trinajstić information content (AvgIpc) is 2.28. The summed E-state index contributed by atoms with van der Waals surface area (Å²) in [5, 5.41) is 0. The van der Waals surface area contributed by atoms with Crippen LogP contribution in [0.15, 0.2) is 42.5 Å². The van der Waals surface area contributed by atoms with Gasteiger partial charge in [0.25, 0.3) is 0 Å². The molecule has 2 aromatic rings. The fraction of sp³-hybridized carbons (Fsp3) is 0.143. The molecule has 3 nitrogen and oxygen atoms in total. The lowest BCUT2D eigenvalue weighted by molar-refractivity contribution is 0.607. The molecule has 1 radical (unpaired) electrons. The summed E-state index contributed by atoms with van der Waals surface area (Å²) >= 11 is 0. The molecule has 0 amide bonds. The van der Waals surface area contributed by atoms with E-state index in [9.17, 15) is 8.42 Å². The summed E-state index contributed by atoms with van der Waals surface area (Å²) in [4.78, 5) is 0. The molecule has 0 aliphatic rings. The third-order valence-corrected chi connectivity index (χ3v) is 3.11. The van der Waals surface area contributed by atoms with Crippen LogP contribution in [0.5, 0.6) is 0 Å². The van der Waals surface area contributed by atoms with Crippen LogP contribution >= 0.6 is 0 Å². The number of sulfonamides is 1. The molecular formula is C14H14NO2S. The van der Waals surface area contributed by atoms with E-state index >= 15 is 0 Å². The summed E-state index contributed by atoms with van der Waals surface area (Å²) in [5.41, 5.74) is 3.52. The van der Waals surface area contributed by atoms with Crippen LogP contribution < -0.4 is 4.72 Å². The van der Waals surface area contributed by atoms with E-state index in [-0.39, 0.29) is 0 Å². The van der Waals surface area contributed by atoms with E-state index < -0.39 is 10.0 Å². The summed E-state index contributed by atoms with van der Waals surface area (Å²) in [6.45, 7) is 1.91. The summed E-state index contributed by atoms with van der Waals surface area (Å²) in [6, 6.07) is 16.6. The Labute approximate surface area is 108 Å². The van der Waals surface area contributed by atoms with Crippen LogP contribution in [0.2, 0.25) is 0 Å². The Bertz CT molecular complexity index is 649. The molecule has 2 rings (SSSR count). The van der Waals surface area contributed by atoms with Gasteiger partial charge in [0.15, 0.2) is 0 Å². The molecule has 4 heteroatoms. The maximum absolute atomic E-state index is 11.1. The van der Waals surface area contributed by atoms with Gasteiger partial charge in [0.2, 0.25) is 10.0 Å². The van der Waals surface area contributed by atoms with Crippen LogP contribution in [-0.2, 0) is 10.0 Å². The van der Waals surface area contributed by atoms with Gasteiger partial charge in [0.1, 0.15) is 0 Å². The van der Waals surface area contributed by atoms with Crippen molar-refractivity contribution in [2.75, 3.05) is 11.0 Å². The first-order valence-corrected chi connectivity index (χ1v) is 7.41. The minimum atomic E-state index is -3.25. The van der Waals surface area contributed by atoms with Crippen molar-refractivity contribution in [3.8, 4) is 11.1 Å². The third-order valence-electron chi connectivity index (χ3n) is 2.52. The van der Waals surface area contributed by atoms with Crippen LogP contribution in [0, 0.1) is 13.0 Å². The molecular weight excluding hydrogens is 246 g/mol. The lowest BCUT2D eigenvalue weighted by Gasteiger charge is -2.09. The first kappa shape index (κ1) is 12.6. The quantitative estimate of drug-likeness (QED) is 0.922. The first-order valence-electron chi connectivity index (χ1n) is 5.52. The third kappa shape index (κ3) is 3.11. The second kappa shape index (κ2) is 4.82. The van der Waals surface area contributed by atoms with Gasteiger partial charge in [-0.15, -0.1) is 0 Å². The van der Waals surface area contributed by atoms with E-state index in [2.05, 4.69) is 10.8 Å². The van der Waals surface area contributed by atoms with Gasteiger partial charge < -0.3 is 0 Å². The SMILES string of the molecule is Cc1[c]c(NS(C)(=O)=O)ccc1-c1ccccc1. The van der Waals surface area contributed by atoms with Crippen molar-refractivity contribution in [2.45, 2.75) is 6.92 Å². The van der Waals surface area contributed by atoms with Crippen LogP contribution in [0.4, 0.5) is 5.69 Å². The van der Waals surface area contributed by atoms with Crippen LogP contribution in [0.1, 0.15) is 5.56 Å². The van der Waals surface area contributed by atoms with Gasteiger partial charge in [-0.3, -0.25) is 4.72 Å². The number of hydrogen-bond acceptors (Lipinski definition) is 2. The zero-order valence-electron chi connectivity index (χ0n) is 10.3. The molecule has 0 atom stereocenters. The largest absolute Gasteiger partial charge is 0.283 e. The van der Waals surface area contributed by atoms with Crippen molar-refractivity contribution in [1.29, 1.82) is 0 Å². The lowest BCUT2D eigenvalue weighted by Crippen LogP contribution is -2.09. The van der Waals surface area contributed by atoms with Crippen LogP contribution in [0.3, 0.4) is 0 Å². The molecule has 0 heterocycles. The standard InChI is InChI=1S/C14H14NO2S/c1-11-10-13(15-18(2,16)17)8-9-14(11)12-6-4-3-5-7-12/h3-9,15H,1-2H3. The number of benzene rings is 2. The second-order valence-electron chi connectivity index (χ2n) is 4.15. The highest BCUT2D eigenvalue weighted by atomic mass is 32.2. The van der Waals surface area contributed by atoms with Crippen LogP contribution in [0.25, 0.3) is 11.1 Å². The van der Waals surface area contributed by atoms with E-state index in [0.29, 0.717) is 5.69 Å². The molecule has 0 bridgehead atoms. The Balaban J connectivity index is 2.37. The van der Waals surface area contributed by atoms with Gasteiger partial charge in [0, 0.05) is 6.07 Å². The van der Waals surface area contributed by atoms with Gasteiger partial charge in [-0.25, -0.2) is 8.42 Å². The van der Waals surface area contributed by atoms with E-state index in [1.54, 1.807) is 6.07 Å². The van der Waals surface area contributed by atoms with Crippen molar-refractivity contribution >= 4 is 15.7 Å². The Hall–Kier alpha value is -1.81. The molecule has 2 aromatic carbocycles. The molecule has 0 saturated heterocycles. The molecule has 18 heavy (non-hydrogen) atoms. The number of rotatable bonds is 3. The van der Waals surface area contributed by atoms with Crippen molar-refractivity contribution in [3.05, 3.63) is 54.1 Å². The Morgan fingerprint density at radius 2 is 1.72 bits per heavy atom. The topological polar surface area (TPSA) is 46.2 Å². The number of anilines is 1. The van der Waals surface area contributed by atoms with E-state index in [4.69, 9.17) is 0 Å². The highest BCUT2D eigenvalue weighted by Crippen LogP contribution is 2.25. The summed E-state index contributed by atoms with van der Waals surface area (Å²) in [5.74, 6) is 0. The maximum atomic E-state index is 11.1. The van der Waals surface area contributed by atoms with Gasteiger partial charge in [-0.05, 0) is 29.7 Å². The Morgan fingerprint density at radius 1 is 1.06 bits per heavy atom. The van der Waals surface area contributed by atoms with Gasteiger partial charge >= 0.3 is 0 Å². The predicted octanol–water partition coefficient (Wildman–Crippen LogP) is 2.83. The van der Waals surface area contributed by atoms with Gasteiger partial charge in [0.05, 0.1) is 11.9 Å². The van der Waals surface area contributed by atoms with Gasteiger partial charge in [-0.2, -0.15) is 0 Å². The van der Waals surface area contributed by atoms with Crippen molar-refractivity contribution in [2.24, 2.45) is 0 Å². The highest BCUT2D eigenvalue weighted by Gasteiger charge is 2.06. The summed E-state index contributed by atoms with van der Waals surface area (Å²) < 4.78 is 24.7. The molecule has 0 unspecified atom stereocenters. The molecule has 0 aromatic heterocycles. The molecule has 0 spiro atoms. The Morgan fingerprint density at radius 3 is 2.28 bits per heavy atom. The van der Waals surface area contributed by atoms with Gasteiger partial charge in [-0.1, -0.05) is 36.4 Å².